The van der Waals surface area contributed by atoms with E-state index in [0.29, 0.717) is 43.4 Å². The molecule has 420 valence electrons. The zero-order valence-electron chi connectivity index (χ0n) is 42.7. The van der Waals surface area contributed by atoms with Crippen LogP contribution in [0.15, 0.2) is 11.6 Å². The Kier molecular flexibility index (Phi) is 16.9. The Hall–Kier alpha value is -1.14. The third-order valence-electron chi connectivity index (χ3n) is 19.5. The van der Waals surface area contributed by atoms with Crippen LogP contribution in [-0.2, 0) is 42.6 Å². The monoisotopic (exact) mass is 1050 g/mol. The number of hydrogen-bond acceptors (Lipinski definition) is 22. The predicted octanol–water partition coefficient (Wildman–Crippen LogP) is -1.98. The molecule has 0 unspecified atom stereocenters. The summed E-state index contributed by atoms with van der Waals surface area (Å²) in [6.45, 7) is 10.7. The van der Waals surface area contributed by atoms with Gasteiger partial charge in [0.15, 0.2) is 30.9 Å². The van der Waals surface area contributed by atoms with Gasteiger partial charge >= 0.3 is 0 Å². The van der Waals surface area contributed by atoms with Crippen molar-refractivity contribution in [2.75, 3.05) is 19.8 Å². The van der Waals surface area contributed by atoms with Gasteiger partial charge in [0.25, 0.3) is 0 Å². The second-order valence-electron chi connectivity index (χ2n) is 23.8. The van der Waals surface area contributed by atoms with Crippen LogP contribution in [0.4, 0.5) is 0 Å². The smallest absolute Gasteiger partial charge is 0.187 e. The molecule has 31 atom stereocenters. The molecule has 0 spiro atoms. The van der Waals surface area contributed by atoms with Crippen molar-refractivity contribution in [2.24, 2.45) is 46.3 Å². The van der Waals surface area contributed by atoms with Crippen molar-refractivity contribution in [3.8, 4) is 0 Å². The second-order valence-corrected chi connectivity index (χ2v) is 23.8. The van der Waals surface area contributed by atoms with Crippen molar-refractivity contribution in [3.05, 3.63) is 11.6 Å². The van der Waals surface area contributed by atoms with Crippen LogP contribution >= 0.6 is 0 Å². The lowest BCUT2D eigenvalue weighted by atomic mass is 9.47. The Bertz CT molecular complexity index is 1900. The topological polar surface area (TPSA) is 346 Å². The Labute approximate surface area is 426 Å². The number of aliphatic hydroxyl groups is 13. The number of ether oxygens (including phenoxy) is 9. The van der Waals surface area contributed by atoms with Crippen molar-refractivity contribution >= 4 is 0 Å². The van der Waals surface area contributed by atoms with E-state index in [4.69, 9.17) is 42.6 Å². The molecule has 0 bridgehead atoms. The molecule has 5 aliphatic heterocycles. The molecule has 0 amide bonds. The summed E-state index contributed by atoms with van der Waals surface area (Å²) in [5.74, 6) is -0.0893. The van der Waals surface area contributed by atoms with Crippen LogP contribution in [0.1, 0.15) is 99.3 Å². The van der Waals surface area contributed by atoms with E-state index in [0.717, 1.165) is 32.1 Å². The van der Waals surface area contributed by atoms with E-state index in [2.05, 4.69) is 26.8 Å². The Balaban J connectivity index is 0.792. The number of rotatable bonds is 14. The quantitative estimate of drug-likeness (QED) is 0.0839. The first kappa shape index (κ1) is 56.6. The summed E-state index contributed by atoms with van der Waals surface area (Å²) in [6, 6.07) is 0. The first-order chi connectivity index (χ1) is 34.5. The summed E-state index contributed by atoms with van der Waals surface area (Å²) in [4.78, 5) is 0. The summed E-state index contributed by atoms with van der Waals surface area (Å²) in [5, 5.41) is 139. The van der Waals surface area contributed by atoms with Crippen LogP contribution in [0.2, 0.25) is 0 Å². The van der Waals surface area contributed by atoms with Gasteiger partial charge in [-0.1, -0.05) is 39.3 Å². The Morgan fingerprint density at radius 1 is 0.644 bits per heavy atom. The fraction of sp³-hybridized carbons (Fsp3) is 0.961. The zero-order chi connectivity index (χ0) is 52.8. The van der Waals surface area contributed by atoms with Gasteiger partial charge in [0, 0.05) is 12.3 Å². The standard InChI is InChI=1S/C51H84O22/c1-20(19-65-45-40(61)37(58)35(56)30(17-52)69-45)9-14-51(64)21(2)32-29(73-51)16-28-26-8-7-24-15-25(10-12-49(24,5)27(26)11-13-50(28,32)6)68-47-42(63)39(60)43(31(18-53)70-47)71-48-44(38(59)34(55)23(4)67-48)72-46-41(62)36(57)33(54)22(3)66-46/h7,20-23,25-48,52-64H,8-19H2,1-6H3/t20-,21-,22-,23-,25-,26+,27-,28-,29-,30+,31+,32-,33-,34-,35+,36+,37-,38+,39+,40+,41+,42+,43+,44+,45+,46-,47+,48-,49-,50-,51+/m0/s1. The average molecular weight is 1050 g/mol. The molecule has 3 saturated carbocycles. The lowest BCUT2D eigenvalue weighted by Gasteiger charge is -2.58. The van der Waals surface area contributed by atoms with Crippen molar-refractivity contribution in [2.45, 2.75) is 240 Å². The minimum atomic E-state index is -1.76. The molecule has 4 aliphatic carbocycles. The SMILES string of the molecule is C[C@@H](CC[C@@]1(O)O[C@H]2C[C@H]3[C@@H]4CC=C5C[C@@H](O[C@@H]6O[C@H](CO)[C@@H](O[C@@H]7O[C@@H](C)[C@H](O)[C@@H](O)[C@H]7O[C@@H]7O[C@@H](C)[C@H](O)[C@@H](O)[C@H]7O)[C@H](O)[C@H]6O)CC[C@]5(C)[C@H]4CC[C@]3(C)[C@H]2[C@@H]1C)CO[C@@H]1O[C@H](CO)[C@@H](O)[C@H](O)[C@H]1O. The third-order valence-corrected chi connectivity index (χ3v) is 19.5. The highest BCUT2D eigenvalue weighted by atomic mass is 16.8. The van der Waals surface area contributed by atoms with E-state index in [9.17, 15) is 66.4 Å². The van der Waals surface area contributed by atoms with Crippen LogP contribution in [0.3, 0.4) is 0 Å². The summed E-state index contributed by atoms with van der Waals surface area (Å²) >= 11 is 0. The number of aliphatic hydroxyl groups excluding tert-OH is 12. The van der Waals surface area contributed by atoms with E-state index in [1.54, 1.807) is 0 Å². The van der Waals surface area contributed by atoms with Gasteiger partial charge in [-0.05, 0) is 106 Å². The molecule has 13 N–H and O–H groups in total. The molecule has 0 aromatic rings. The maximum Gasteiger partial charge on any atom is 0.187 e. The molecule has 0 radical (unpaired) electrons. The molecule has 5 heterocycles. The van der Waals surface area contributed by atoms with Crippen LogP contribution in [0, 0.1) is 46.3 Å². The van der Waals surface area contributed by atoms with Crippen LogP contribution < -0.4 is 0 Å². The van der Waals surface area contributed by atoms with E-state index < -0.39 is 142 Å². The van der Waals surface area contributed by atoms with Gasteiger partial charge in [-0.2, -0.15) is 0 Å². The average Bonchev–Trinajstić information content (AvgIpc) is 3.80. The third kappa shape index (κ3) is 10.2. The van der Waals surface area contributed by atoms with Crippen molar-refractivity contribution in [1.82, 2.24) is 0 Å². The van der Waals surface area contributed by atoms with Crippen molar-refractivity contribution in [3.63, 3.8) is 0 Å². The highest BCUT2D eigenvalue weighted by molar-refractivity contribution is 5.26. The lowest BCUT2D eigenvalue weighted by molar-refractivity contribution is -0.386. The minimum absolute atomic E-state index is 0.0366. The fourth-order valence-electron chi connectivity index (χ4n) is 14.9. The molecular formula is C51H84O22. The molecular weight excluding hydrogens is 965 g/mol. The van der Waals surface area contributed by atoms with E-state index >= 15 is 0 Å². The van der Waals surface area contributed by atoms with Gasteiger partial charge < -0.3 is 109 Å². The van der Waals surface area contributed by atoms with Crippen LogP contribution in [-0.4, -0.2) is 227 Å². The van der Waals surface area contributed by atoms with Gasteiger partial charge in [-0.3, -0.25) is 0 Å². The first-order valence-corrected chi connectivity index (χ1v) is 26.8. The molecule has 22 nitrogen and oxygen atoms in total. The summed E-state index contributed by atoms with van der Waals surface area (Å²) in [6.07, 6.45) is -20.2. The second kappa shape index (κ2) is 21.8. The largest absolute Gasteiger partial charge is 0.394 e. The highest BCUT2D eigenvalue weighted by Crippen LogP contribution is 2.70. The maximum absolute atomic E-state index is 12.1. The number of fused-ring (bicyclic) bond motifs is 7. The maximum atomic E-state index is 12.1. The molecule has 9 rings (SSSR count). The van der Waals surface area contributed by atoms with Gasteiger partial charge in [-0.15, -0.1) is 0 Å². The molecule has 22 heteroatoms. The molecule has 0 aromatic heterocycles. The van der Waals surface area contributed by atoms with E-state index in [1.165, 1.54) is 19.4 Å². The fourth-order valence-corrected chi connectivity index (χ4v) is 14.9. The van der Waals surface area contributed by atoms with Gasteiger partial charge in [-0.25, -0.2) is 0 Å². The van der Waals surface area contributed by atoms with Gasteiger partial charge in [0.1, 0.15) is 85.5 Å². The molecule has 0 aromatic carbocycles. The van der Waals surface area contributed by atoms with Crippen molar-refractivity contribution in [1.29, 1.82) is 0 Å². The number of hydrogen-bond donors (Lipinski definition) is 13. The summed E-state index contributed by atoms with van der Waals surface area (Å²) < 4.78 is 53.9. The van der Waals surface area contributed by atoms with E-state index in [-0.39, 0.29) is 47.4 Å². The summed E-state index contributed by atoms with van der Waals surface area (Å²) in [7, 11) is 0. The minimum Gasteiger partial charge on any atom is -0.394 e. The van der Waals surface area contributed by atoms with E-state index in [1.807, 2.05) is 6.92 Å². The van der Waals surface area contributed by atoms with Crippen LogP contribution in [0.25, 0.3) is 0 Å². The number of allylic oxidation sites excluding steroid dienone is 1. The van der Waals surface area contributed by atoms with Gasteiger partial charge in [0.05, 0.1) is 44.2 Å². The molecule has 73 heavy (non-hydrogen) atoms. The zero-order valence-corrected chi connectivity index (χ0v) is 42.7. The molecule has 8 fully saturated rings. The molecule has 9 aliphatic rings. The predicted molar refractivity (Wildman–Crippen MR) is 249 cm³/mol. The highest BCUT2D eigenvalue weighted by Gasteiger charge is 2.68. The Morgan fingerprint density at radius 3 is 1.93 bits per heavy atom. The lowest BCUT2D eigenvalue weighted by Crippen LogP contribution is -2.66. The van der Waals surface area contributed by atoms with Gasteiger partial charge in [0.2, 0.25) is 0 Å². The first-order valence-electron chi connectivity index (χ1n) is 26.8. The Morgan fingerprint density at radius 2 is 1.23 bits per heavy atom. The van der Waals surface area contributed by atoms with Crippen molar-refractivity contribution < 1.29 is 109 Å². The van der Waals surface area contributed by atoms with Crippen LogP contribution in [0.5, 0.6) is 0 Å². The summed E-state index contributed by atoms with van der Waals surface area (Å²) in [5.41, 5.74) is 1.16. The molecule has 5 saturated heterocycles. The normalized spacial score (nSPS) is 55.5.